The number of nitrogens with one attached hydrogen (secondary N) is 1. The molecular formula is C12H26N2. The van der Waals surface area contributed by atoms with E-state index in [9.17, 15) is 0 Å². The highest BCUT2D eigenvalue weighted by molar-refractivity contribution is 4.66. The van der Waals surface area contributed by atoms with Crippen LogP contribution < -0.4 is 5.32 Å². The van der Waals surface area contributed by atoms with E-state index < -0.39 is 0 Å². The number of likely N-dealkylation sites (tertiary alicyclic amines) is 1. The van der Waals surface area contributed by atoms with Crippen LogP contribution in [0, 0.1) is 5.92 Å². The minimum absolute atomic E-state index is 0.835. The first-order valence-corrected chi connectivity index (χ1v) is 6.26. The third kappa shape index (κ3) is 4.97. The van der Waals surface area contributed by atoms with E-state index in [2.05, 4.69) is 24.1 Å². The summed E-state index contributed by atoms with van der Waals surface area (Å²) in [4.78, 5) is 2.59. The molecule has 14 heavy (non-hydrogen) atoms. The van der Waals surface area contributed by atoms with Crippen molar-refractivity contribution in [1.82, 2.24) is 10.2 Å². The van der Waals surface area contributed by atoms with Gasteiger partial charge in [0.15, 0.2) is 0 Å². The molecule has 1 aliphatic heterocycles. The van der Waals surface area contributed by atoms with Crippen molar-refractivity contribution in [2.24, 2.45) is 5.92 Å². The minimum Gasteiger partial charge on any atom is -0.316 e. The van der Waals surface area contributed by atoms with Crippen molar-refractivity contribution in [3.63, 3.8) is 0 Å². The van der Waals surface area contributed by atoms with Crippen LogP contribution in [0.4, 0.5) is 0 Å². The highest BCUT2D eigenvalue weighted by Crippen LogP contribution is 2.06. The van der Waals surface area contributed by atoms with Gasteiger partial charge >= 0.3 is 0 Å². The van der Waals surface area contributed by atoms with Crippen LogP contribution >= 0.6 is 0 Å². The third-order valence-corrected chi connectivity index (χ3v) is 3.22. The summed E-state index contributed by atoms with van der Waals surface area (Å²) in [6, 6.07) is 0. The van der Waals surface area contributed by atoms with Crippen LogP contribution in [0.5, 0.6) is 0 Å². The molecule has 0 amide bonds. The lowest BCUT2D eigenvalue weighted by Gasteiger charge is -2.15. The lowest BCUT2D eigenvalue weighted by atomic mass is 10.1. The zero-order chi connectivity index (χ0) is 10.2. The SMILES string of the molecule is CCC(C)CNCCCN1CCCC1. The number of rotatable bonds is 7. The van der Waals surface area contributed by atoms with Gasteiger partial charge in [-0.2, -0.15) is 0 Å². The lowest BCUT2D eigenvalue weighted by molar-refractivity contribution is 0.329. The van der Waals surface area contributed by atoms with Gasteiger partial charge in [0.25, 0.3) is 0 Å². The van der Waals surface area contributed by atoms with Crippen molar-refractivity contribution in [3.8, 4) is 0 Å². The van der Waals surface area contributed by atoms with E-state index in [0.717, 1.165) is 5.92 Å². The van der Waals surface area contributed by atoms with Gasteiger partial charge in [-0.15, -0.1) is 0 Å². The molecule has 1 atom stereocenters. The topological polar surface area (TPSA) is 15.3 Å². The fourth-order valence-corrected chi connectivity index (χ4v) is 1.93. The molecule has 1 aliphatic rings. The van der Waals surface area contributed by atoms with Gasteiger partial charge in [0.1, 0.15) is 0 Å². The van der Waals surface area contributed by atoms with Gasteiger partial charge in [-0.25, -0.2) is 0 Å². The molecule has 0 radical (unpaired) electrons. The highest BCUT2D eigenvalue weighted by Gasteiger charge is 2.09. The van der Waals surface area contributed by atoms with Gasteiger partial charge in [-0.05, 0) is 57.9 Å². The first-order chi connectivity index (χ1) is 6.83. The average molecular weight is 198 g/mol. The molecule has 1 rings (SSSR count). The molecule has 0 aromatic rings. The quantitative estimate of drug-likeness (QED) is 0.630. The lowest BCUT2D eigenvalue weighted by Crippen LogP contribution is -2.27. The van der Waals surface area contributed by atoms with E-state index in [1.165, 1.54) is 58.4 Å². The standard InChI is InChI=1S/C12H26N2/c1-3-12(2)11-13-7-6-10-14-8-4-5-9-14/h12-13H,3-11H2,1-2H3. The number of nitrogens with zero attached hydrogens (tertiary/aromatic N) is 1. The van der Waals surface area contributed by atoms with Gasteiger partial charge in [0.05, 0.1) is 0 Å². The Balaban J connectivity index is 1.84. The number of hydrogen-bond donors (Lipinski definition) is 1. The summed E-state index contributed by atoms with van der Waals surface area (Å²) < 4.78 is 0. The van der Waals surface area contributed by atoms with Crippen LogP contribution in [-0.2, 0) is 0 Å². The molecule has 0 bridgehead atoms. The second-order valence-electron chi connectivity index (χ2n) is 4.62. The Morgan fingerprint density at radius 2 is 2.00 bits per heavy atom. The van der Waals surface area contributed by atoms with Crippen LogP contribution in [0.15, 0.2) is 0 Å². The van der Waals surface area contributed by atoms with Crippen LogP contribution in [0.1, 0.15) is 39.5 Å². The smallest absolute Gasteiger partial charge is 0.000664 e. The van der Waals surface area contributed by atoms with Gasteiger partial charge < -0.3 is 10.2 Å². The molecular weight excluding hydrogens is 172 g/mol. The summed E-state index contributed by atoms with van der Waals surface area (Å²) in [6.07, 6.45) is 5.44. The molecule has 1 saturated heterocycles. The normalized spacial score (nSPS) is 20.1. The first-order valence-electron chi connectivity index (χ1n) is 6.26. The van der Waals surface area contributed by atoms with Gasteiger partial charge in [-0.1, -0.05) is 20.3 Å². The molecule has 1 fully saturated rings. The van der Waals surface area contributed by atoms with E-state index in [1.54, 1.807) is 0 Å². The maximum absolute atomic E-state index is 3.53. The first kappa shape index (κ1) is 12.0. The summed E-state index contributed by atoms with van der Waals surface area (Å²) in [7, 11) is 0. The summed E-state index contributed by atoms with van der Waals surface area (Å²) >= 11 is 0. The Kier molecular flexibility index (Phi) is 6.20. The Labute approximate surface area is 89.1 Å². The molecule has 1 unspecified atom stereocenters. The summed E-state index contributed by atoms with van der Waals surface area (Å²) in [5.74, 6) is 0.835. The zero-order valence-electron chi connectivity index (χ0n) is 9.89. The second-order valence-corrected chi connectivity index (χ2v) is 4.62. The Morgan fingerprint density at radius 1 is 1.29 bits per heavy atom. The molecule has 0 aliphatic carbocycles. The van der Waals surface area contributed by atoms with Crippen molar-refractivity contribution in [3.05, 3.63) is 0 Å². The van der Waals surface area contributed by atoms with Crippen LogP contribution in [0.2, 0.25) is 0 Å². The summed E-state index contributed by atoms with van der Waals surface area (Å²) in [5, 5.41) is 3.53. The van der Waals surface area contributed by atoms with Crippen LogP contribution in [0.3, 0.4) is 0 Å². The molecule has 2 heteroatoms. The molecule has 0 spiro atoms. The largest absolute Gasteiger partial charge is 0.316 e. The molecule has 84 valence electrons. The van der Waals surface area contributed by atoms with E-state index >= 15 is 0 Å². The molecule has 1 heterocycles. The zero-order valence-corrected chi connectivity index (χ0v) is 9.89. The molecule has 0 aromatic carbocycles. The Hall–Kier alpha value is -0.0800. The molecule has 0 saturated carbocycles. The van der Waals surface area contributed by atoms with E-state index in [4.69, 9.17) is 0 Å². The van der Waals surface area contributed by atoms with Crippen LogP contribution in [-0.4, -0.2) is 37.6 Å². The Morgan fingerprint density at radius 3 is 2.64 bits per heavy atom. The van der Waals surface area contributed by atoms with Crippen LogP contribution in [0.25, 0.3) is 0 Å². The van der Waals surface area contributed by atoms with Crippen molar-refractivity contribution >= 4 is 0 Å². The van der Waals surface area contributed by atoms with Gasteiger partial charge in [-0.3, -0.25) is 0 Å². The van der Waals surface area contributed by atoms with Gasteiger partial charge in [0, 0.05) is 0 Å². The van der Waals surface area contributed by atoms with Crippen molar-refractivity contribution < 1.29 is 0 Å². The second kappa shape index (κ2) is 7.24. The molecule has 0 aromatic heterocycles. The van der Waals surface area contributed by atoms with E-state index in [0.29, 0.717) is 0 Å². The maximum atomic E-state index is 3.53. The van der Waals surface area contributed by atoms with Crippen molar-refractivity contribution in [1.29, 1.82) is 0 Å². The highest BCUT2D eigenvalue weighted by atomic mass is 15.1. The molecule has 1 N–H and O–H groups in total. The van der Waals surface area contributed by atoms with Crippen molar-refractivity contribution in [2.45, 2.75) is 39.5 Å². The monoisotopic (exact) mass is 198 g/mol. The average Bonchev–Trinajstić information content (AvgIpc) is 2.69. The Bertz CT molecular complexity index is 130. The fraction of sp³-hybridized carbons (Fsp3) is 1.00. The summed E-state index contributed by atoms with van der Waals surface area (Å²) in [6.45, 7) is 10.9. The predicted molar refractivity (Wildman–Crippen MR) is 62.6 cm³/mol. The van der Waals surface area contributed by atoms with Gasteiger partial charge in [0.2, 0.25) is 0 Å². The van der Waals surface area contributed by atoms with E-state index in [-0.39, 0.29) is 0 Å². The number of hydrogen-bond acceptors (Lipinski definition) is 2. The van der Waals surface area contributed by atoms with E-state index in [1.807, 2.05) is 0 Å². The predicted octanol–water partition coefficient (Wildman–Crippen LogP) is 2.11. The third-order valence-electron chi connectivity index (χ3n) is 3.22. The van der Waals surface area contributed by atoms with Crippen molar-refractivity contribution in [2.75, 3.05) is 32.7 Å². The maximum Gasteiger partial charge on any atom is -0.000664 e. The molecule has 2 nitrogen and oxygen atoms in total. The fourth-order valence-electron chi connectivity index (χ4n) is 1.93. The summed E-state index contributed by atoms with van der Waals surface area (Å²) in [5.41, 5.74) is 0. The minimum atomic E-state index is 0.835.